The van der Waals surface area contributed by atoms with Gasteiger partial charge >= 0.3 is 0 Å². The number of aryl methyl sites for hydroxylation is 1. The van der Waals surface area contributed by atoms with Crippen LogP contribution in [-0.4, -0.2) is 49.5 Å². The van der Waals surface area contributed by atoms with E-state index in [0.717, 1.165) is 60.4 Å². The number of amides is 1. The Morgan fingerprint density at radius 3 is 2.75 bits per heavy atom. The van der Waals surface area contributed by atoms with Gasteiger partial charge in [-0.05, 0) is 36.6 Å². The first-order chi connectivity index (χ1) is 11.5. The minimum atomic E-state index is -0.00914. The van der Waals surface area contributed by atoms with Crippen molar-refractivity contribution in [2.24, 2.45) is 5.92 Å². The third-order valence-electron chi connectivity index (χ3n) is 4.02. The third-order valence-corrected chi connectivity index (χ3v) is 4.88. The van der Waals surface area contributed by atoms with Gasteiger partial charge in [0.15, 0.2) is 0 Å². The SMILES string of the molecule is CCSc1nc(N2CCOCC2)cc(C)c1C(=O)NCCC(C)C. The molecule has 0 atom stereocenters. The van der Waals surface area contributed by atoms with Crippen LogP contribution in [0.5, 0.6) is 0 Å². The van der Waals surface area contributed by atoms with Crippen LogP contribution in [0.2, 0.25) is 0 Å². The van der Waals surface area contributed by atoms with Gasteiger partial charge in [-0.25, -0.2) is 4.98 Å². The molecule has 1 saturated heterocycles. The Balaban J connectivity index is 2.21. The molecule has 1 fully saturated rings. The van der Waals surface area contributed by atoms with Gasteiger partial charge in [0.2, 0.25) is 0 Å². The molecule has 1 aromatic heterocycles. The number of carbonyl (C=O) groups is 1. The first-order valence-corrected chi connectivity index (χ1v) is 9.76. The van der Waals surface area contributed by atoms with Gasteiger partial charge < -0.3 is 15.0 Å². The van der Waals surface area contributed by atoms with Gasteiger partial charge in [0.05, 0.1) is 18.8 Å². The van der Waals surface area contributed by atoms with Crippen LogP contribution in [0.1, 0.15) is 43.1 Å². The number of nitrogens with zero attached hydrogens (tertiary/aromatic N) is 2. The average Bonchev–Trinajstić information content (AvgIpc) is 2.55. The molecule has 0 aliphatic carbocycles. The molecule has 5 nitrogen and oxygen atoms in total. The summed E-state index contributed by atoms with van der Waals surface area (Å²) in [5, 5.41) is 3.88. The molecule has 2 heterocycles. The zero-order chi connectivity index (χ0) is 17.5. The number of nitrogens with one attached hydrogen (secondary N) is 1. The van der Waals surface area contributed by atoms with Gasteiger partial charge in [-0.3, -0.25) is 4.79 Å². The maximum atomic E-state index is 12.6. The number of hydrogen-bond donors (Lipinski definition) is 1. The molecule has 1 aliphatic rings. The number of anilines is 1. The molecular weight excluding hydrogens is 322 g/mol. The minimum Gasteiger partial charge on any atom is -0.378 e. The Bertz CT molecular complexity index is 557. The van der Waals surface area contributed by atoms with Crippen LogP contribution in [0.3, 0.4) is 0 Å². The molecule has 0 unspecified atom stereocenters. The van der Waals surface area contributed by atoms with E-state index < -0.39 is 0 Å². The Morgan fingerprint density at radius 1 is 1.42 bits per heavy atom. The highest BCUT2D eigenvalue weighted by Crippen LogP contribution is 2.28. The zero-order valence-electron chi connectivity index (χ0n) is 15.2. The lowest BCUT2D eigenvalue weighted by Crippen LogP contribution is -2.37. The minimum absolute atomic E-state index is 0.00914. The van der Waals surface area contributed by atoms with E-state index in [0.29, 0.717) is 12.5 Å². The lowest BCUT2D eigenvalue weighted by atomic mass is 10.1. The molecule has 1 amide bonds. The highest BCUT2D eigenvalue weighted by atomic mass is 32.2. The predicted octanol–water partition coefficient (Wildman–Crippen LogP) is 3.11. The Kier molecular flexibility index (Phi) is 7.37. The number of hydrogen-bond acceptors (Lipinski definition) is 5. The van der Waals surface area contributed by atoms with Crippen LogP contribution in [-0.2, 0) is 4.74 Å². The number of carbonyl (C=O) groups excluding carboxylic acids is 1. The van der Waals surface area contributed by atoms with Crippen molar-refractivity contribution in [3.63, 3.8) is 0 Å². The lowest BCUT2D eigenvalue weighted by molar-refractivity contribution is 0.0947. The molecule has 0 saturated carbocycles. The van der Waals surface area contributed by atoms with E-state index in [1.54, 1.807) is 11.8 Å². The fraction of sp³-hybridized carbons (Fsp3) is 0.667. The number of pyridine rings is 1. The predicted molar refractivity (Wildman–Crippen MR) is 100 cm³/mol. The largest absolute Gasteiger partial charge is 0.378 e. The standard InChI is InChI=1S/C18H29N3O2S/c1-5-24-18-16(17(22)19-7-6-13(2)3)14(4)12-15(20-18)21-8-10-23-11-9-21/h12-13H,5-11H2,1-4H3,(H,19,22). The van der Waals surface area contributed by atoms with Crippen molar-refractivity contribution >= 4 is 23.5 Å². The summed E-state index contributed by atoms with van der Waals surface area (Å²) in [5.74, 6) is 2.42. The molecule has 6 heteroatoms. The summed E-state index contributed by atoms with van der Waals surface area (Å²) < 4.78 is 5.42. The second-order valence-electron chi connectivity index (χ2n) is 6.45. The summed E-state index contributed by atoms with van der Waals surface area (Å²) in [6.07, 6.45) is 0.986. The summed E-state index contributed by atoms with van der Waals surface area (Å²) in [5.41, 5.74) is 1.71. The van der Waals surface area contributed by atoms with E-state index in [1.807, 2.05) is 13.0 Å². The van der Waals surface area contributed by atoms with Gasteiger partial charge in [-0.1, -0.05) is 20.8 Å². The number of morpholine rings is 1. The van der Waals surface area contributed by atoms with Gasteiger partial charge in [0.25, 0.3) is 5.91 Å². The van der Waals surface area contributed by atoms with Gasteiger partial charge in [-0.2, -0.15) is 0 Å². The Labute approximate surface area is 149 Å². The number of rotatable bonds is 7. The molecule has 2 rings (SSSR count). The second kappa shape index (κ2) is 9.28. The number of thioether (sulfide) groups is 1. The third kappa shape index (κ3) is 5.11. The molecular formula is C18H29N3O2S. The Morgan fingerprint density at radius 2 is 2.12 bits per heavy atom. The smallest absolute Gasteiger partial charge is 0.254 e. The molecule has 1 N–H and O–H groups in total. The van der Waals surface area contributed by atoms with E-state index in [-0.39, 0.29) is 5.91 Å². The first kappa shape index (κ1) is 19.1. The molecule has 0 bridgehead atoms. The topological polar surface area (TPSA) is 54.5 Å². The van der Waals surface area contributed by atoms with Crippen LogP contribution >= 0.6 is 11.8 Å². The second-order valence-corrected chi connectivity index (χ2v) is 7.70. The van der Waals surface area contributed by atoms with Crippen LogP contribution < -0.4 is 10.2 Å². The monoisotopic (exact) mass is 351 g/mol. The number of ether oxygens (including phenoxy) is 1. The van der Waals surface area contributed by atoms with Crippen LogP contribution in [0.25, 0.3) is 0 Å². The number of aromatic nitrogens is 1. The van der Waals surface area contributed by atoms with E-state index in [2.05, 4.69) is 31.0 Å². The van der Waals surface area contributed by atoms with Crippen LogP contribution in [0, 0.1) is 12.8 Å². The first-order valence-electron chi connectivity index (χ1n) is 8.78. The van der Waals surface area contributed by atoms with E-state index in [4.69, 9.17) is 9.72 Å². The Hall–Kier alpha value is -1.27. The van der Waals surface area contributed by atoms with Crippen LogP contribution in [0.15, 0.2) is 11.1 Å². The highest BCUT2D eigenvalue weighted by Gasteiger charge is 2.20. The summed E-state index contributed by atoms with van der Waals surface area (Å²) in [6.45, 7) is 12.3. The molecule has 1 aromatic rings. The molecule has 0 radical (unpaired) electrons. The van der Waals surface area contributed by atoms with Crippen molar-refractivity contribution in [3.05, 3.63) is 17.2 Å². The van der Waals surface area contributed by atoms with Crippen molar-refractivity contribution in [1.29, 1.82) is 0 Å². The van der Waals surface area contributed by atoms with Crippen LogP contribution in [0.4, 0.5) is 5.82 Å². The van der Waals surface area contributed by atoms with Crippen molar-refractivity contribution in [2.75, 3.05) is 43.5 Å². The zero-order valence-corrected chi connectivity index (χ0v) is 16.0. The van der Waals surface area contributed by atoms with Crippen molar-refractivity contribution in [1.82, 2.24) is 10.3 Å². The fourth-order valence-corrected chi connectivity index (χ4v) is 3.49. The highest BCUT2D eigenvalue weighted by molar-refractivity contribution is 7.99. The lowest BCUT2D eigenvalue weighted by Gasteiger charge is -2.29. The van der Waals surface area contributed by atoms with Gasteiger partial charge in [0, 0.05) is 19.6 Å². The fourth-order valence-electron chi connectivity index (χ4n) is 2.66. The molecule has 1 aliphatic heterocycles. The van der Waals surface area contributed by atoms with Gasteiger partial charge in [0.1, 0.15) is 10.8 Å². The van der Waals surface area contributed by atoms with Crippen molar-refractivity contribution < 1.29 is 9.53 Å². The average molecular weight is 352 g/mol. The van der Waals surface area contributed by atoms with E-state index >= 15 is 0 Å². The molecule has 0 spiro atoms. The van der Waals surface area contributed by atoms with Crippen molar-refractivity contribution in [3.8, 4) is 0 Å². The molecule has 24 heavy (non-hydrogen) atoms. The maximum absolute atomic E-state index is 12.6. The molecule has 0 aromatic carbocycles. The summed E-state index contributed by atoms with van der Waals surface area (Å²) >= 11 is 1.63. The molecule has 134 valence electrons. The van der Waals surface area contributed by atoms with E-state index in [9.17, 15) is 4.79 Å². The van der Waals surface area contributed by atoms with Crippen molar-refractivity contribution in [2.45, 2.75) is 39.1 Å². The van der Waals surface area contributed by atoms with E-state index in [1.165, 1.54) is 0 Å². The summed E-state index contributed by atoms with van der Waals surface area (Å²) in [7, 11) is 0. The normalized spacial score (nSPS) is 15.0. The quantitative estimate of drug-likeness (QED) is 0.765. The maximum Gasteiger partial charge on any atom is 0.254 e. The summed E-state index contributed by atoms with van der Waals surface area (Å²) in [4.78, 5) is 19.6. The van der Waals surface area contributed by atoms with Gasteiger partial charge in [-0.15, -0.1) is 11.8 Å². The summed E-state index contributed by atoms with van der Waals surface area (Å²) in [6, 6.07) is 2.03.